The standard InChI is InChI=1S/C17H20ClFN2O2S/c1-5-9(2)24-17-20-14(10(3)16(22)21-17)15(23-4)13-11(18)7-6-8-12(13)19/h6-9,15H,5H2,1-4H3,(H,20,21,22). The summed E-state index contributed by atoms with van der Waals surface area (Å²) in [5, 5.41) is 1.02. The van der Waals surface area contributed by atoms with Crippen molar-refractivity contribution in [2.24, 2.45) is 0 Å². The van der Waals surface area contributed by atoms with E-state index in [0.717, 1.165) is 6.42 Å². The van der Waals surface area contributed by atoms with E-state index in [1.165, 1.54) is 31.0 Å². The van der Waals surface area contributed by atoms with Crippen molar-refractivity contribution in [2.75, 3.05) is 7.11 Å². The van der Waals surface area contributed by atoms with Crippen LogP contribution in [0.4, 0.5) is 4.39 Å². The fourth-order valence-electron chi connectivity index (χ4n) is 2.24. The normalized spacial score (nSPS) is 13.8. The first-order chi connectivity index (χ1) is 11.4. The maximum atomic E-state index is 14.3. The maximum absolute atomic E-state index is 14.3. The van der Waals surface area contributed by atoms with E-state index < -0.39 is 11.9 Å². The highest BCUT2D eigenvalue weighted by molar-refractivity contribution is 7.99. The SMILES string of the molecule is CCC(C)Sc1nc(C(OC)c2c(F)cccc2Cl)c(C)c(=O)[nH]1. The van der Waals surface area contributed by atoms with Crippen molar-refractivity contribution in [2.45, 2.75) is 43.7 Å². The summed E-state index contributed by atoms with van der Waals surface area (Å²) < 4.78 is 19.7. The minimum atomic E-state index is -0.850. The maximum Gasteiger partial charge on any atom is 0.254 e. The Morgan fingerprint density at radius 1 is 1.46 bits per heavy atom. The van der Waals surface area contributed by atoms with Crippen LogP contribution in [0.2, 0.25) is 5.02 Å². The van der Waals surface area contributed by atoms with Crippen LogP contribution in [-0.4, -0.2) is 22.3 Å². The number of hydrogen-bond acceptors (Lipinski definition) is 4. The highest BCUT2D eigenvalue weighted by Crippen LogP contribution is 2.33. The quantitative estimate of drug-likeness (QED) is 0.601. The average molecular weight is 371 g/mol. The Hall–Kier alpha value is -1.37. The number of rotatable bonds is 6. The predicted molar refractivity (Wildman–Crippen MR) is 95.5 cm³/mol. The van der Waals surface area contributed by atoms with E-state index in [-0.39, 0.29) is 16.1 Å². The van der Waals surface area contributed by atoms with Crippen LogP contribution < -0.4 is 5.56 Å². The Balaban J connectivity index is 2.58. The zero-order valence-corrected chi connectivity index (χ0v) is 15.6. The number of aromatic nitrogens is 2. The molecular weight excluding hydrogens is 351 g/mol. The molecule has 0 saturated heterocycles. The van der Waals surface area contributed by atoms with Crippen LogP contribution in [0.25, 0.3) is 0 Å². The molecule has 1 N–H and O–H groups in total. The average Bonchev–Trinajstić information content (AvgIpc) is 2.54. The van der Waals surface area contributed by atoms with Crippen LogP contribution in [0.15, 0.2) is 28.2 Å². The zero-order chi connectivity index (χ0) is 17.9. The highest BCUT2D eigenvalue weighted by atomic mass is 35.5. The van der Waals surface area contributed by atoms with Crippen LogP contribution in [-0.2, 0) is 4.74 Å². The van der Waals surface area contributed by atoms with E-state index in [0.29, 0.717) is 21.7 Å². The van der Waals surface area contributed by atoms with Gasteiger partial charge in [0.25, 0.3) is 5.56 Å². The molecule has 2 aromatic rings. The van der Waals surface area contributed by atoms with Crippen molar-refractivity contribution in [3.63, 3.8) is 0 Å². The van der Waals surface area contributed by atoms with Gasteiger partial charge in [0.05, 0.1) is 5.69 Å². The topological polar surface area (TPSA) is 55.0 Å². The summed E-state index contributed by atoms with van der Waals surface area (Å²) in [6, 6.07) is 4.42. The summed E-state index contributed by atoms with van der Waals surface area (Å²) >= 11 is 7.62. The molecule has 0 spiro atoms. The lowest BCUT2D eigenvalue weighted by Crippen LogP contribution is -2.20. The molecule has 2 rings (SSSR count). The number of aromatic amines is 1. The molecule has 1 aromatic heterocycles. The predicted octanol–water partition coefficient (Wildman–Crippen LogP) is 4.50. The van der Waals surface area contributed by atoms with E-state index in [4.69, 9.17) is 16.3 Å². The van der Waals surface area contributed by atoms with Gasteiger partial charge in [-0.3, -0.25) is 4.79 Å². The lowest BCUT2D eigenvalue weighted by molar-refractivity contribution is 0.128. The molecule has 0 bridgehead atoms. The van der Waals surface area contributed by atoms with Crippen LogP contribution in [0.5, 0.6) is 0 Å². The van der Waals surface area contributed by atoms with Gasteiger partial charge in [-0.1, -0.05) is 43.3 Å². The third kappa shape index (κ3) is 3.99. The molecule has 1 aromatic carbocycles. The highest BCUT2D eigenvalue weighted by Gasteiger charge is 2.25. The van der Waals surface area contributed by atoms with Crippen LogP contribution in [0.1, 0.15) is 43.2 Å². The first-order valence-electron chi connectivity index (χ1n) is 7.63. The number of nitrogens with zero attached hydrogens (tertiary/aromatic N) is 1. The van der Waals surface area contributed by atoms with Gasteiger partial charge in [0.15, 0.2) is 5.16 Å². The Bertz CT molecular complexity index is 761. The van der Waals surface area contributed by atoms with Gasteiger partial charge in [-0.2, -0.15) is 0 Å². The molecule has 0 aliphatic heterocycles. The largest absolute Gasteiger partial charge is 0.370 e. The fourth-order valence-corrected chi connectivity index (χ4v) is 3.35. The Morgan fingerprint density at radius 3 is 2.75 bits per heavy atom. The molecule has 0 amide bonds. The molecule has 0 aliphatic rings. The van der Waals surface area contributed by atoms with Gasteiger partial charge in [-0.25, -0.2) is 9.37 Å². The lowest BCUT2D eigenvalue weighted by Gasteiger charge is -2.20. The number of thioether (sulfide) groups is 1. The van der Waals surface area contributed by atoms with Crippen LogP contribution in [0, 0.1) is 12.7 Å². The van der Waals surface area contributed by atoms with Gasteiger partial charge >= 0.3 is 0 Å². The van der Waals surface area contributed by atoms with E-state index >= 15 is 0 Å². The molecule has 4 nitrogen and oxygen atoms in total. The van der Waals surface area contributed by atoms with Gasteiger partial charge in [0.2, 0.25) is 0 Å². The Kier molecular flexibility index (Phi) is 6.43. The van der Waals surface area contributed by atoms with Crippen molar-refractivity contribution in [1.29, 1.82) is 0 Å². The van der Waals surface area contributed by atoms with Crippen LogP contribution >= 0.6 is 23.4 Å². The van der Waals surface area contributed by atoms with Gasteiger partial charge in [-0.15, -0.1) is 0 Å². The van der Waals surface area contributed by atoms with Crippen LogP contribution in [0.3, 0.4) is 0 Å². The molecule has 24 heavy (non-hydrogen) atoms. The molecule has 0 aliphatic carbocycles. The summed E-state index contributed by atoms with van der Waals surface area (Å²) in [5.41, 5.74) is 0.677. The molecule has 0 radical (unpaired) electrons. The first-order valence-corrected chi connectivity index (χ1v) is 8.88. The number of hydrogen-bond donors (Lipinski definition) is 1. The molecule has 130 valence electrons. The van der Waals surface area contributed by atoms with E-state index in [1.54, 1.807) is 13.0 Å². The third-order valence-corrected chi connectivity index (χ3v) is 5.28. The van der Waals surface area contributed by atoms with Gasteiger partial charge in [-0.05, 0) is 25.5 Å². The third-order valence-electron chi connectivity index (χ3n) is 3.80. The molecule has 0 fully saturated rings. The molecule has 1 heterocycles. The summed E-state index contributed by atoms with van der Waals surface area (Å²) in [6.45, 7) is 5.74. The van der Waals surface area contributed by atoms with Crippen molar-refractivity contribution in [3.8, 4) is 0 Å². The van der Waals surface area contributed by atoms with Crippen molar-refractivity contribution < 1.29 is 9.13 Å². The number of benzene rings is 1. The van der Waals surface area contributed by atoms with Crippen molar-refractivity contribution >= 4 is 23.4 Å². The minimum Gasteiger partial charge on any atom is -0.370 e. The van der Waals surface area contributed by atoms with E-state index in [9.17, 15) is 9.18 Å². The second-order valence-electron chi connectivity index (χ2n) is 5.47. The number of methoxy groups -OCH3 is 1. The lowest BCUT2D eigenvalue weighted by atomic mass is 10.0. The number of halogens is 2. The molecule has 2 atom stereocenters. The number of nitrogens with one attached hydrogen (secondary N) is 1. The second kappa shape index (κ2) is 8.14. The Labute approximate surface area is 149 Å². The van der Waals surface area contributed by atoms with E-state index in [2.05, 4.69) is 16.9 Å². The summed E-state index contributed by atoms with van der Waals surface area (Å²) in [7, 11) is 1.44. The number of ether oxygens (including phenoxy) is 1. The van der Waals surface area contributed by atoms with Gasteiger partial charge in [0.1, 0.15) is 11.9 Å². The summed E-state index contributed by atoms with van der Waals surface area (Å²) in [5.74, 6) is -0.494. The van der Waals surface area contributed by atoms with Crippen molar-refractivity contribution in [3.05, 3.63) is 56.2 Å². The monoisotopic (exact) mass is 370 g/mol. The Morgan fingerprint density at radius 2 is 2.17 bits per heavy atom. The summed E-state index contributed by atoms with van der Waals surface area (Å²) in [6.07, 6.45) is 0.0852. The molecule has 0 saturated carbocycles. The molecule has 7 heteroatoms. The smallest absolute Gasteiger partial charge is 0.254 e. The van der Waals surface area contributed by atoms with E-state index in [1.807, 2.05) is 6.92 Å². The summed E-state index contributed by atoms with van der Waals surface area (Å²) in [4.78, 5) is 19.5. The first kappa shape index (κ1) is 19.0. The fraction of sp³-hybridized carbons (Fsp3) is 0.412. The molecular formula is C17H20ClFN2O2S. The van der Waals surface area contributed by atoms with Gasteiger partial charge < -0.3 is 9.72 Å². The van der Waals surface area contributed by atoms with Crippen molar-refractivity contribution in [1.82, 2.24) is 9.97 Å². The minimum absolute atomic E-state index is 0.183. The second-order valence-corrected chi connectivity index (χ2v) is 7.30. The molecule has 2 unspecified atom stereocenters. The van der Waals surface area contributed by atoms with Gasteiger partial charge in [0, 0.05) is 28.5 Å². The number of H-pyrrole nitrogens is 1. The zero-order valence-electron chi connectivity index (χ0n) is 14.0.